The number of aromatic nitrogens is 1. The van der Waals surface area contributed by atoms with Gasteiger partial charge in [0.15, 0.2) is 5.67 Å². The average Bonchev–Trinajstić information content (AvgIpc) is 3.40. The molecule has 22 heavy (non-hydrogen) atoms. The van der Waals surface area contributed by atoms with E-state index in [0.29, 0.717) is 25.2 Å². The Balaban J connectivity index is 1.51. The molecule has 1 unspecified atom stereocenters. The van der Waals surface area contributed by atoms with Gasteiger partial charge in [-0.1, -0.05) is 6.07 Å². The first-order valence-electron chi connectivity index (χ1n) is 8.27. The first-order chi connectivity index (χ1) is 10.5. The van der Waals surface area contributed by atoms with Gasteiger partial charge in [0.25, 0.3) is 11.5 Å². The van der Waals surface area contributed by atoms with Gasteiger partial charge in [-0.2, -0.15) is 0 Å². The van der Waals surface area contributed by atoms with Gasteiger partial charge in [0, 0.05) is 24.3 Å². The van der Waals surface area contributed by atoms with Crippen LogP contribution in [0.1, 0.15) is 43.4 Å². The molecule has 4 rings (SSSR count). The van der Waals surface area contributed by atoms with Crippen molar-refractivity contribution in [1.29, 1.82) is 0 Å². The molecule has 2 fully saturated rings. The molecule has 1 aromatic heterocycles. The zero-order chi connectivity index (χ0) is 15.3. The third kappa shape index (κ3) is 2.57. The van der Waals surface area contributed by atoms with Crippen LogP contribution in [0, 0.1) is 5.92 Å². The molecule has 1 N–H and O–H groups in total. The summed E-state index contributed by atoms with van der Waals surface area (Å²) in [5.74, 6) is 0.204. The van der Waals surface area contributed by atoms with Gasteiger partial charge < -0.3 is 9.88 Å². The van der Waals surface area contributed by atoms with E-state index in [4.69, 9.17) is 0 Å². The van der Waals surface area contributed by atoms with E-state index in [1.165, 1.54) is 12.8 Å². The van der Waals surface area contributed by atoms with Gasteiger partial charge in [-0.3, -0.25) is 9.59 Å². The van der Waals surface area contributed by atoms with Crippen LogP contribution in [0.2, 0.25) is 0 Å². The molecular weight excluding hydrogens is 283 g/mol. The number of carbonyl (C=O) groups is 1. The molecule has 118 valence electrons. The standard InChI is InChI=1S/C17H21FN2O2/c18-17(7-8-17)16(22)19-13-4-5-14-12(9-13)3-6-15(21)20(14)10-11-1-2-11/h3,6,11,13H,1-2,4-5,7-10H2,(H,19,22). The number of hydrogen-bond acceptors (Lipinski definition) is 2. The highest BCUT2D eigenvalue weighted by Gasteiger charge is 2.51. The Morgan fingerprint density at radius 1 is 1.32 bits per heavy atom. The quantitative estimate of drug-likeness (QED) is 0.921. The molecule has 0 spiro atoms. The summed E-state index contributed by atoms with van der Waals surface area (Å²) in [7, 11) is 0. The van der Waals surface area contributed by atoms with Gasteiger partial charge in [-0.15, -0.1) is 0 Å². The summed E-state index contributed by atoms with van der Waals surface area (Å²) in [6, 6.07) is 3.49. The molecule has 0 aromatic carbocycles. The van der Waals surface area contributed by atoms with Crippen molar-refractivity contribution in [2.24, 2.45) is 5.92 Å². The van der Waals surface area contributed by atoms with Crippen molar-refractivity contribution in [3.05, 3.63) is 33.7 Å². The number of nitrogens with zero attached hydrogens (tertiary/aromatic N) is 1. The number of alkyl halides is 1. The molecule has 0 radical (unpaired) electrons. The first-order valence-corrected chi connectivity index (χ1v) is 8.27. The molecule has 0 saturated heterocycles. The molecule has 3 aliphatic carbocycles. The van der Waals surface area contributed by atoms with Crippen molar-refractivity contribution in [2.75, 3.05) is 0 Å². The molecule has 0 aliphatic heterocycles. The molecular formula is C17H21FN2O2. The Hall–Kier alpha value is -1.65. The summed E-state index contributed by atoms with van der Waals surface area (Å²) in [4.78, 5) is 23.9. The fourth-order valence-electron chi connectivity index (χ4n) is 3.36. The van der Waals surface area contributed by atoms with E-state index in [9.17, 15) is 14.0 Å². The number of carbonyl (C=O) groups excluding carboxylic acids is 1. The van der Waals surface area contributed by atoms with Crippen LogP contribution >= 0.6 is 0 Å². The normalized spacial score (nSPS) is 25.4. The Morgan fingerprint density at radius 2 is 2.09 bits per heavy atom. The highest BCUT2D eigenvalue weighted by molar-refractivity contribution is 5.88. The minimum Gasteiger partial charge on any atom is -0.350 e. The Kier molecular flexibility index (Phi) is 3.13. The highest BCUT2D eigenvalue weighted by atomic mass is 19.1. The van der Waals surface area contributed by atoms with Crippen LogP contribution in [0.3, 0.4) is 0 Å². The number of hydrogen-bond donors (Lipinski definition) is 1. The monoisotopic (exact) mass is 304 g/mol. The van der Waals surface area contributed by atoms with Crippen molar-refractivity contribution in [3.8, 4) is 0 Å². The lowest BCUT2D eigenvalue weighted by Crippen LogP contribution is -2.44. The minimum atomic E-state index is -1.61. The van der Waals surface area contributed by atoms with Gasteiger partial charge >= 0.3 is 0 Å². The van der Waals surface area contributed by atoms with E-state index in [-0.39, 0.29) is 11.6 Å². The third-order valence-electron chi connectivity index (χ3n) is 5.15. The first kappa shape index (κ1) is 14.0. The Bertz CT molecular complexity index is 674. The second-order valence-corrected chi connectivity index (χ2v) is 7.08. The minimum absolute atomic E-state index is 0.0138. The fourth-order valence-corrected chi connectivity index (χ4v) is 3.36. The molecule has 3 aliphatic rings. The van der Waals surface area contributed by atoms with Crippen LogP contribution in [-0.4, -0.2) is 22.2 Å². The maximum absolute atomic E-state index is 13.8. The summed E-state index contributed by atoms with van der Waals surface area (Å²) in [5.41, 5.74) is 0.714. The van der Waals surface area contributed by atoms with Crippen LogP contribution in [0.15, 0.2) is 16.9 Å². The van der Waals surface area contributed by atoms with Gasteiger partial charge in [0.05, 0.1) is 0 Å². The number of nitrogens with one attached hydrogen (secondary N) is 1. The van der Waals surface area contributed by atoms with E-state index in [2.05, 4.69) is 5.32 Å². The van der Waals surface area contributed by atoms with E-state index in [1.54, 1.807) is 6.07 Å². The maximum Gasteiger partial charge on any atom is 0.257 e. The second kappa shape index (κ2) is 4.93. The summed E-state index contributed by atoms with van der Waals surface area (Å²) < 4.78 is 15.7. The van der Waals surface area contributed by atoms with E-state index < -0.39 is 11.6 Å². The molecule has 1 amide bonds. The third-order valence-corrected chi connectivity index (χ3v) is 5.15. The molecule has 2 saturated carbocycles. The van der Waals surface area contributed by atoms with Crippen molar-refractivity contribution in [1.82, 2.24) is 9.88 Å². The number of rotatable bonds is 4. The summed E-state index contributed by atoms with van der Waals surface area (Å²) >= 11 is 0. The van der Waals surface area contributed by atoms with Crippen molar-refractivity contribution >= 4 is 5.91 Å². The maximum atomic E-state index is 13.8. The number of amides is 1. The average molecular weight is 304 g/mol. The van der Waals surface area contributed by atoms with Crippen molar-refractivity contribution in [2.45, 2.75) is 63.2 Å². The molecule has 1 heterocycles. The van der Waals surface area contributed by atoms with Gasteiger partial charge in [-0.25, -0.2) is 4.39 Å². The van der Waals surface area contributed by atoms with E-state index >= 15 is 0 Å². The summed E-state index contributed by atoms with van der Waals surface area (Å²) in [5, 5.41) is 2.85. The molecule has 0 bridgehead atoms. The molecule has 1 atom stereocenters. The van der Waals surface area contributed by atoms with Gasteiger partial charge in [0.2, 0.25) is 0 Å². The fraction of sp³-hybridized carbons (Fsp3) is 0.647. The zero-order valence-corrected chi connectivity index (χ0v) is 12.6. The predicted molar refractivity (Wildman–Crippen MR) is 80.5 cm³/mol. The van der Waals surface area contributed by atoms with Gasteiger partial charge in [0.1, 0.15) is 0 Å². The largest absolute Gasteiger partial charge is 0.350 e. The molecule has 4 nitrogen and oxygen atoms in total. The van der Waals surface area contributed by atoms with Crippen LogP contribution in [0.25, 0.3) is 0 Å². The van der Waals surface area contributed by atoms with Crippen molar-refractivity contribution < 1.29 is 9.18 Å². The smallest absolute Gasteiger partial charge is 0.257 e. The predicted octanol–water partition coefficient (Wildman–Crippen LogP) is 1.73. The van der Waals surface area contributed by atoms with Gasteiger partial charge in [-0.05, 0) is 56.4 Å². The Labute approximate surface area is 128 Å². The molecule has 5 heteroatoms. The summed E-state index contributed by atoms with van der Waals surface area (Å²) in [6.07, 6.45) is 5.39. The number of halogens is 1. The lowest BCUT2D eigenvalue weighted by atomic mass is 9.91. The highest BCUT2D eigenvalue weighted by Crippen LogP contribution is 2.40. The van der Waals surface area contributed by atoms with Crippen LogP contribution in [0.4, 0.5) is 4.39 Å². The summed E-state index contributed by atoms with van der Waals surface area (Å²) in [6.45, 7) is 0.826. The van der Waals surface area contributed by atoms with Crippen LogP contribution in [0.5, 0.6) is 0 Å². The lowest BCUT2D eigenvalue weighted by molar-refractivity contribution is -0.128. The zero-order valence-electron chi connectivity index (χ0n) is 12.6. The Morgan fingerprint density at radius 3 is 2.77 bits per heavy atom. The topological polar surface area (TPSA) is 51.1 Å². The molecule has 1 aromatic rings. The van der Waals surface area contributed by atoms with Crippen LogP contribution in [-0.2, 0) is 24.2 Å². The SMILES string of the molecule is O=C(NC1CCc2c(ccc(=O)n2CC2CC2)C1)C1(F)CC1. The van der Waals surface area contributed by atoms with E-state index in [0.717, 1.165) is 30.6 Å². The lowest BCUT2D eigenvalue weighted by Gasteiger charge is -2.28. The van der Waals surface area contributed by atoms with Crippen molar-refractivity contribution in [3.63, 3.8) is 0 Å². The second-order valence-electron chi connectivity index (χ2n) is 7.08. The number of fused-ring (bicyclic) bond motifs is 1. The van der Waals surface area contributed by atoms with Crippen LogP contribution < -0.4 is 10.9 Å². The van der Waals surface area contributed by atoms with E-state index in [1.807, 2.05) is 10.6 Å². The number of pyridine rings is 1.